The fourth-order valence-corrected chi connectivity index (χ4v) is 2.42. The summed E-state index contributed by atoms with van der Waals surface area (Å²) < 4.78 is 8.33. The van der Waals surface area contributed by atoms with Gasteiger partial charge in [-0.15, -0.1) is 0 Å². The van der Waals surface area contributed by atoms with E-state index in [1.165, 1.54) is 14.9 Å². The lowest BCUT2D eigenvalue weighted by Gasteiger charge is -2.10. The Kier molecular flexibility index (Phi) is 4.01. The molecule has 0 aliphatic carbocycles. The number of rotatable bonds is 5. The minimum atomic E-state index is -0.297. The molecule has 1 aromatic carbocycles. The number of H-pyrrole nitrogens is 1. The van der Waals surface area contributed by atoms with Crippen LogP contribution < -0.4 is 10.4 Å². The van der Waals surface area contributed by atoms with Crippen LogP contribution >= 0.6 is 0 Å². The molecule has 0 atom stereocenters. The number of ether oxygens (including phenoxy) is 1. The quantitative estimate of drug-likeness (QED) is 0.778. The monoisotopic (exact) mass is 313 g/mol. The van der Waals surface area contributed by atoms with Gasteiger partial charge in [0.1, 0.15) is 12.4 Å². The van der Waals surface area contributed by atoms with E-state index in [9.17, 15) is 4.79 Å². The molecule has 7 heteroatoms. The zero-order valence-electron chi connectivity index (χ0n) is 13.4. The Labute approximate surface area is 133 Å². The van der Waals surface area contributed by atoms with Gasteiger partial charge in [0.15, 0.2) is 0 Å². The van der Waals surface area contributed by atoms with Gasteiger partial charge < -0.3 is 9.72 Å². The van der Waals surface area contributed by atoms with E-state index in [0.717, 1.165) is 23.4 Å². The minimum Gasteiger partial charge on any atom is -0.487 e. The van der Waals surface area contributed by atoms with Crippen molar-refractivity contribution in [3.63, 3.8) is 0 Å². The molecule has 0 saturated heterocycles. The van der Waals surface area contributed by atoms with Gasteiger partial charge in [0.05, 0.1) is 11.4 Å². The van der Waals surface area contributed by atoms with Gasteiger partial charge in [-0.3, -0.25) is 0 Å². The highest BCUT2D eigenvalue weighted by Crippen LogP contribution is 2.21. The normalized spacial score (nSPS) is 10.9. The molecule has 3 aromatic rings. The average molecular weight is 313 g/mol. The second-order valence-electron chi connectivity index (χ2n) is 5.38. The van der Waals surface area contributed by atoms with Crippen molar-refractivity contribution in [3.05, 3.63) is 57.8 Å². The van der Waals surface area contributed by atoms with Crippen molar-refractivity contribution < 1.29 is 4.74 Å². The summed E-state index contributed by atoms with van der Waals surface area (Å²) in [5.41, 5.74) is 3.49. The van der Waals surface area contributed by atoms with Gasteiger partial charge in [0.25, 0.3) is 0 Å². The molecule has 1 N–H and O–H groups in total. The molecule has 2 heterocycles. The molecule has 0 saturated carbocycles. The van der Waals surface area contributed by atoms with Gasteiger partial charge in [-0.2, -0.15) is 9.36 Å². The number of hydrogen-bond acceptors (Lipinski definition) is 4. The van der Waals surface area contributed by atoms with Crippen LogP contribution in [0.25, 0.3) is 5.69 Å². The van der Waals surface area contributed by atoms with E-state index < -0.39 is 0 Å². The Balaban J connectivity index is 1.81. The van der Waals surface area contributed by atoms with E-state index in [0.29, 0.717) is 12.3 Å². The van der Waals surface area contributed by atoms with E-state index in [1.807, 2.05) is 13.0 Å². The standard InChI is InChI=1S/C16H19N5O2/c1-4-12-5-6-15(11(2)9-12)23-10-13-14(7-8-17-13)21-16(22)20(3)18-19-21/h5-9,17H,4,10H2,1-3H3. The molecule has 0 aliphatic rings. The molecule has 0 radical (unpaired) electrons. The zero-order chi connectivity index (χ0) is 16.4. The lowest BCUT2D eigenvalue weighted by molar-refractivity contribution is 0.299. The third kappa shape index (κ3) is 2.90. The molecule has 23 heavy (non-hydrogen) atoms. The van der Waals surface area contributed by atoms with Gasteiger partial charge in [-0.05, 0) is 47.0 Å². The Morgan fingerprint density at radius 1 is 1.26 bits per heavy atom. The maximum atomic E-state index is 12.0. The van der Waals surface area contributed by atoms with Crippen LogP contribution in [-0.4, -0.2) is 24.8 Å². The SMILES string of the molecule is CCc1ccc(OCc2[nH]ccc2-n2nnn(C)c2=O)c(C)c1. The second kappa shape index (κ2) is 6.12. The van der Waals surface area contributed by atoms with Gasteiger partial charge in [0.2, 0.25) is 0 Å². The molecule has 0 bridgehead atoms. The zero-order valence-corrected chi connectivity index (χ0v) is 13.4. The summed E-state index contributed by atoms with van der Waals surface area (Å²) in [6.45, 7) is 4.47. The van der Waals surface area contributed by atoms with Crippen molar-refractivity contribution in [1.29, 1.82) is 0 Å². The third-order valence-electron chi connectivity index (χ3n) is 3.78. The smallest absolute Gasteiger partial charge is 0.368 e. The largest absolute Gasteiger partial charge is 0.487 e. The Bertz CT molecular complexity index is 875. The molecule has 0 spiro atoms. The highest BCUT2D eigenvalue weighted by Gasteiger charge is 2.13. The van der Waals surface area contributed by atoms with Crippen molar-refractivity contribution in [3.8, 4) is 11.4 Å². The highest BCUT2D eigenvalue weighted by molar-refractivity contribution is 5.38. The first kappa shape index (κ1) is 15.1. The summed E-state index contributed by atoms with van der Waals surface area (Å²) in [7, 11) is 1.56. The van der Waals surface area contributed by atoms with Crippen molar-refractivity contribution in [2.75, 3.05) is 0 Å². The molecule has 0 aliphatic heterocycles. The van der Waals surface area contributed by atoms with Crippen LogP contribution in [0.5, 0.6) is 5.75 Å². The summed E-state index contributed by atoms with van der Waals surface area (Å²) in [5, 5.41) is 7.58. The summed E-state index contributed by atoms with van der Waals surface area (Å²) in [6.07, 6.45) is 2.75. The lowest BCUT2D eigenvalue weighted by atomic mass is 10.1. The predicted molar refractivity (Wildman–Crippen MR) is 85.8 cm³/mol. The van der Waals surface area contributed by atoms with Gasteiger partial charge in [-0.1, -0.05) is 19.1 Å². The molecule has 0 amide bonds. The van der Waals surface area contributed by atoms with E-state index in [2.05, 4.69) is 34.5 Å². The maximum absolute atomic E-state index is 12.0. The van der Waals surface area contributed by atoms with Crippen molar-refractivity contribution in [2.45, 2.75) is 26.9 Å². The average Bonchev–Trinajstić information content (AvgIpc) is 3.13. The summed E-state index contributed by atoms with van der Waals surface area (Å²) >= 11 is 0. The summed E-state index contributed by atoms with van der Waals surface area (Å²) in [5.74, 6) is 0.828. The number of nitrogens with zero attached hydrogens (tertiary/aromatic N) is 4. The summed E-state index contributed by atoms with van der Waals surface area (Å²) in [6, 6.07) is 7.94. The van der Waals surface area contributed by atoms with Gasteiger partial charge >= 0.3 is 5.69 Å². The number of nitrogens with one attached hydrogen (secondary N) is 1. The molecule has 7 nitrogen and oxygen atoms in total. The number of tetrazole rings is 1. The highest BCUT2D eigenvalue weighted by atomic mass is 16.5. The third-order valence-corrected chi connectivity index (χ3v) is 3.78. The first-order chi connectivity index (χ1) is 11.1. The molecule has 0 fully saturated rings. The fourth-order valence-electron chi connectivity index (χ4n) is 2.42. The van der Waals surface area contributed by atoms with Crippen LogP contribution in [-0.2, 0) is 20.1 Å². The molecular weight excluding hydrogens is 294 g/mol. The Morgan fingerprint density at radius 3 is 2.74 bits per heavy atom. The number of benzene rings is 1. The van der Waals surface area contributed by atoms with E-state index in [1.54, 1.807) is 19.3 Å². The number of aromatic nitrogens is 5. The lowest BCUT2D eigenvalue weighted by Crippen LogP contribution is -2.22. The van der Waals surface area contributed by atoms with E-state index in [4.69, 9.17) is 4.74 Å². The van der Waals surface area contributed by atoms with Crippen molar-refractivity contribution in [1.82, 2.24) is 24.8 Å². The first-order valence-electron chi connectivity index (χ1n) is 7.48. The van der Waals surface area contributed by atoms with Crippen LogP contribution in [0.3, 0.4) is 0 Å². The van der Waals surface area contributed by atoms with Crippen molar-refractivity contribution in [2.24, 2.45) is 7.05 Å². The Morgan fingerprint density at radius 2 is 2.09 bits per heavy atom. The molecule has 3 rings (SSSR count). The minimum absolute atomic E-state index is 0.297. The van der Waals surface area contributed by atoms with E-state index in [-0.39, 0.29) is 5.69 Å². The second-order valence-corrected chi connectivity index (χ2v) is 5.38. The van der Waals surface area contributed by atoms with Crippen LogP contribution in [0.2, 0.25) is 0 Å². The predicted octanol–water partition coefficient (Wildman–Crippen LogP) is 1.74. The van der Waals surface area contributed by atoms with Crippen molar-refractivity contribution >= 4 is 0 Å². The Hall–Kier alpha value is -2.83. The van der Waals surface area contributed by atoms with Crippen LogP contribution in [0, 0.1) is 6.92 Å². The summed E-state index contributed by atoms with van der Waals surface area (Å²) in [4.78, 5) is 15.1. The van der Waals surface area contributed by atoms with Gasteiger partial charge in [0, 0.05) is 13.2 Å². The maximum Gasteiger partial charge on any atom is 0.368 e. The van der Waals surface area contributed by atoms with Crippen LogP contribution in [0.15, 0.2) is 35.3 Å². The number of aromatic amines is 1. The topological polar surface area (TPSA) is 77.7 Å². The number of hydrogen-bond donors (Lipinski definition) is 1. The molecular formula is C16H19N5O2. The van der Waals surface area contributed by atoms with Crippen LogP contribution in [0.4, 0.5) is 0 Å². The fraction of sp³-hybridized carbons (Fsp3) is 0.312. The van der Waals surface area contributed by atoms with Gasteiger partial charge in [-0.25, -0.2) is 4.79 Å². The molecule has 0 unspecified atom stereocenters. The van der Waals surface area contributed by atoms with Crippen LogP contribution in [0.1, 0.15) is 23.7 Å². The molecule has 120 valence electrons. The molecule has 2 aromatic heterocycles. The first-order valence-corrected chi connectivity index (χ1v) is 7.48. The van der Waals surface area contributed by atoms with E-state index >= 15 is 0 Å². The number of aryl methyl sites for hydroxylation is 3.